The van der Waals surface area contributed by atoms with E-state index in [4.69, 9.17) is 21.3 Å². The highest BCUT2D eigenvalue weighted by molar-refractivity contribution is 8.26. The van der Waals surface area contributed by atoms with E-state index < -0.39 is 6.04 Å². The molecule has 7 rings (SSSR count). The van der Waals surface area contributed by atoms with E-state index in [0.717, 1.165) is 61.3 Å². The van der Waals surface area contributed by atoms with E-state index in [1.54, 1.807) is 0 Å². The third kappa shape index (κ3) is 2.83. The van der Waals surface area contributed by atoms with Crippen LogP contribution < -0.4 is 25.4 Å². The molecule has 3 nitrogen and oxygen atoms in total. The Kier molecular flexibility index (Phi) is 4.29. The number of rotatable bonds is 2. The van der Waals surface area contributed by atoms with E-state index in [2.05, 4.69) is 53.5 Å². The topological polar surface area (TPSA) is 31.4 Å². The second-order valence-corrected chi connectivity index (χ2v) is 12.6. The van der Waals surface area contributed by atoms with E-state index in [-0.39, 0.29) is 0 Å². The number of hydrogen-bond acceptors (Lipinski definition) is 4. The summed E-state index contributed by atoms with van der Waals surface area (Å²) in [5, 5.41) is 3.17. The maximum Gasteiger partial charge on any atom is 0.140 e. The molecule has 5 aromatic rings. The molecule has 5 heteroatoms. The third-order valence-corrected chi connectivity index (χ3v) is 11.3. The van der Waals surface area contributed by atoms with Crippen LogP contribution in [0.25, 0.3) is 22.4 Å². The summed E-state index contributed by atoms with van der Waals surface area (Å²) in [5.74, 6) is 3.24. The Hall–Kier alpha value is -3.72. The highest BCUT2D eigenvalue weighted by atomic mass is 32.4. The Morgan fingerprint density at radius 3 is 1.82 bits per heavy atom. The third-order valence-electron chi connectivity index (χ3n) is 6.36. The summed E-state index contributed by atoms with van der Waals surface area (Å²) in [6.45, 7) is 0. The summed E-state index contributed by atoms with van der Waals surface area (Å²) in [7, 11) is 0. The average Bonchev–Trinajstić information content (AvgIpc) is 2.89. The molecule has 0 amide bonds. The van der Waals surface area contributed by atoms with Crippen molar-refractivity contribution in [1.29, 1.82) is 0 Å². The monoisotopic (exact) mass is 475 g/mol. The Bertz CT molecular complexity index is 1570. The fourth-order valence-electron chi connectivity index (χ4n) is 4.82. The van der Waals surface area contributed by atoms with Crippen LogP contribution in [-0.4, -0.2) is 4.98 Å². The smallest absolute Gasteiger partial charge is 0.140 e. The first-order valence-corrected chi connectivity index (χ1v) is 13.9. The van der Waals surface area contributed by atoms with E-state index in [0.29, 0.717) is 0 Å². The van der Waals surface area contributed by atoms with E-state index in [1.165, 1.54) is 0 Å². The first kappa shape index (κ1) is 19.7. The quantitative estimate of drug-likeness (QED) is 0.272. The fourth-order valence-corrected chi connectivity index (χ4v) is 9.30. The van der Waals surface area contributed by atoms with Crippen molar-refractivity contribution >= 4 is 33.8 Å². The Labute approximate surface area is 202 Å². The van der Waals surface area contributed by atoms with Gasteiger partial charge in [-0.3, -0.25) is 4.98 Å². The van der Waals surface area contributed by atoms with Gasteiger partial charge in [0.15, 0.2) is 0 Å². The lowest BCUT2D eigenvalue weighted by Gasteiger charge is -2.37. The van der Waals surface area contributed by atoms with Crippen LogP contribution in [0.4, 0.5) is 0 Å². The summed E-state index contributed by atoms with van der Waals surface area (Å²) in [6.07, 6.45) is 1.81. The van der Waals surface area contributed by atoms with E-state index in [9.17, 15) is 0 Å². The minimum Gasteiger partial charge on any atom is -0.456 e. The second kappa shape index (κ2) is 7.39. The SMILES string of the molecule is S=P12c3ccccc3Oc3cc(-c4cccc(-c5ccccn5)c4)cc(c31)Oc1ccccc12. The largest absolute Gasteiger partial charge is 0.456 e. The Morgan fingerprint density at radius 2 is 1.18 bits per heavy atom. The molecular weight excluding hydrogens is 457 g/mol. The molecule has 3 heterocycles. The van der Waals surface area contributed by atoms with Gasteiger partial charge in [0.05, 0.1) is 17.0 Å². The molecule has 0 aliphatic carbocycles. The number of hydrogen-bond donors (Lipinski definition) is 0. The van der Waals surface area contributed by atoms with Crippen LogP contribution in [0.3, 0.4) is 0 Å². The summed E-state index contributed by atoms with van der Waals surface area (Å²) in [4.78, 5) is 4.51. The molecule has 0 fully saturated rings. The fraction of sp³-hybridized carbons (Fsp3) is 0. The number of fused-ring (bicyclic) bond motifs is 4. The van der Waals surface area contributed by atoms with Crippen molar-refractivity contribution in [2.45, 2.75) is 0 Å². The van der Waals surface area contributed by atoms with Gasteiger partial charge in [-0.15, -0.1) is 0 Å². The summed E-state index contributed by atoms with van der Waals surface area (Å²) >= 11 is 6.55. The minimum atomic E-state index is -2.31. The van der Waals surface area contributed by atoms with Gasteiger partial charge in [0.25, 0.3) is 0 Å². The lowest BCUT2D eigenvalue weighted by atomic mass is 10.0. The van der Waals surface area contributed by atoms with Gasteiger partial charge in [0.2, 0.25) is 0 Å². The number of benzene rings is 4. The maximum absolute atomic E-state index is 6.55. The van der Waals surface area contributed by atoms with Crippen LogP contribution in [0, 0.1) is 0 Å². The number of pyridine rings is 1. The van der Waals surface area contributed by atoms with Gasteiger partial charge in [-0.05, 0) is 65.7 Å². The number of para-hydroxylation sites is 2. The first-order valence-electron chi connectivity index (χ1n) is 11.1. The van der Waals surface area contributed by atoms with Crippen molar-refractivity contribution in [3.8, 4) is 45.4 Å². The van der Waals surface area contributed by atoms with Gasteiger partial charge < -0.3 is 9.47 Å². The van der Waals surface area contributed by atoms with Crippen LogP contribution in [0.5, 0.6) is 23.0 Å². The molecule has 0 spiro atoms. The molecule has 162 valence electrons. The van der Waals surface area contributed by atoms with Crippen LogP contribution in [0.15, 0.2) is 109 Å². The minimum absolute atomic E-state index is 0.785. The van der Waals surface area contributed by atoms with Gasteiger partial charge in [-0.25, -0.2) is 0 Å². The van der Waals surface area contributed by atoms with Gasteiger partial charge >= 0.3 is 0 Å². The zero-order valence-corrected chi connectivity index (χ0v) is 19.7. The highest BCUT2D eigenvalue weighted by Crippen LogP contribution is 2.59. The molecule has 0 saturated heterocycles. The first-order chi connectivity index (χ1) is 16.7. The Balaban J connectivity index is 1.46. The number of aromatic nitrogens is 1. The van der Waals surface area contributed by atoms with Crippen LogP contribution in [0.2, 0.25) is 0 Å². The van der Waals surface area contributed by atoms with Gasteiger partial charge in [0.1, 0.15) is 23.0 Å². The molecule has 0 unspecified atom stereocenters. The predicted molar refractivity (Wildman–Crippen MR) is 141 cm³/mol. The molecule has 34 heavy (non-hydrogen) atoms. The second-order valence-electron chi connectivity index (χ2n) is 8.37. The van der Waals surface area contributed by atoms with Crippen molar-refractivity contribution in [2.75, 3.05) is 0 Å². The maximum atomic E-state index is 6.55. The average molecular weight is 476 g/mol. The normalized spacial score (nSPS) is 14.1. The zero-order chi connectivity index (χ0) is 22.7. The van der Waals surface area contributed by atoms with Crippen molar-refractivity contribution in [3.05, 3.63) is 109 Å². The molecular formula is C29H18NO2PS. The molecule has 0 saturated carbocycles. The molecule has 0 N–H and O–H groups in total. The lowest BCUT2D eigenvalue weighted by molar-refractivity contribution is 0.467. The number of nitrogens with zero attached hydrogens (tertiary/aromatic N) is 1. The number of ether oxygens (including phenoxy) is 2. The zero-order valence-electron chi connectivity index (χ0n) is 18.0. The van der Waals surface area contributed by atoms with Crippen LogP contribution in [-0.2, 0) is 11.8 Å². The molecule has 0 atom stereocenters. The van der Waals surface area contributed by atoms with Gasteiger partial charge in [0, 0.05) is 22.4 Å². The van der Waals surface area contributed by atoms with Crippen molar-refractivity contribution < 1.29 is 9.47 Å². The van der Waals surface area contributed by atoms with E-state index >= 15 is 0 Å². The van der Waals surface area contributed by atoms with Gasteiger partial charge in [-0.1, -0.05) is 60.3 Å². The molecule has 2 aliphatic heterocycles. The summed E-state index contributed by atoms with van der Waals surface area (Å²) in [5.41, 5.74) is 4.09. The Morgan fingerprint density at radius 1 is 0.559 bits per heavy atom. The van der Waals surface area contributed by atoms with Gasteiger partial charge in [-0.2, -0.15) is 0 Å². The molecule has 0 bridgehead atoms. The lowest BCUT2D eigenvalue weighted by Crippen LogP contribution is -2.34. The van der Waals surface area contributed by atoms with Crippen LogP contribution >= 0.6 is 6.04 Å². The standard InChI is InChI=1S/C29H18NO2PS/c34-33-27-13-3-1-11-23(27)31-25-17-21(18-26(29(25)33)32-24-12-2-4-14-28(24)33)19-8-7-9-20(16-19)22-10-5-6-15-30-22/h1-18H. The molecule has 1 aromatic heterocycles. The van der Waals surface area contributed by atoms with Crippen molar-refractivity contribution in [2.24, 2.45) is 0 Å². The van der Waals surface area contributed by atoms with Crippen molar-refractivity contribution in [3.63, 3.8) is 0 Å². The molecule has 0 radical (unpaired) electrons. The molecule has 2 aliphatic rings. The van der Waals surface area contributed by atoms with Crippen molar-refractivity contribution in [1.82, 2.24) is 4.98 Å². The van der Waals surface area contributed by atoms with Crippen LogP contribution in [0.1, 0.15) is 0 Å². The summed E-state index contributed by atoms with van der Waals surface area (Å²) in [6, 6.07) is 32.5. The predicted octanol–water partition coefficient (Wildman–Crippen LogP) is 6.38. The summed E-state index contributed by atoms with van der Waals surface area (Å²) < 4.78 is 12.9. The van der Waals surface area contributed by atoms with E-state index in [1.807, 2.05) is 60.8 Å². The molecule has 4 aromatic carbocycles. The highest BCUT2D eigenvalue weighted by Gasteiger charge is 2.42.